The highest BCUT2D eigenvalue weighted by Crippen LogP contribution is 2.59. The smallest absolute Gasteiger partial charge is 0.194 e. The maximum absolute atomic E-state index is 12.2. The topological polar surface area (TPSA) is 149 Å². The number of nitrogen functional groups attached to an aromatic ring is 1. The van der Waals surface area contributed by atoms with Crippen LogP contribution in [0.2, 0.25) is 0 Å². The van der Waals surface area contributed by atoms with Crippen molar-refractivity contribution >= 4 is 17.0 Å². The van der Waals surface area contributed by atoms with Gasteiger partial charge in [-0.2, -0.15) is 0 Å². The van der Waals surface area contributed by atoms with Crippen LogP contribution in [0, 0.1) is 0 Å². The maximum atomic E-state index is 12.2. The second kappa shape index (κ2) is 10.00. The highest BCUT2D eigenvalue weighted by molar-refractivity contribution is 5.81. The number of ether oxygens (including phenoxy) is 2. The molecule has 5 aromatic rings. The summed E-state index contributed by atoms with van der Waals surface area (Å²) in [6.07, 6.45) is -1.43. The SMILES string of the molecule is COc1ccccc1C(c1ccccc1)(c1ccccc1)[C@@]1(n2cnc3c(N)ncnc32)O[C@H](CO)[C@@H](O)[C@H]1O. The number of nitrogens with two attached hydrogens (primary N) is 1. The molecule has 204 valence electrons. The first-order valence-electron chi connectivity index (χ1n) is 12.8. The van der Waals surface area contributed by atoms with Gasteiger partial charge in [0, 0.05) is 5.56 Å². The van der Waals surface area contributed by atoms with E-state index in [4.69, 9.17) is 15.2 Å². The summed E-state index contributed by atoms with van der Waals surface area (Å²) >= 11 is 0. The molecular formula is C30H29N5O5. The summed E-state index contributed by atoms with van der Waals surface area (Å²) in [6.45, 7) is -0.546. The quantitative estimate of drug-likeness (QED) is 0.228. The minimum atomic E-state index is -1.87. The van der Waals surface area contributed by atoms with Crippen LogP contribution in [0.3, 0.4) is 0 Å². The van der Waals surface area contributed by atoms with Crippen molar-refractivity contribution in [2.75, 3.05) is 19.5 Å². The number of para-hydroxylation sites is 1. The molecule has 3 aromatic carbocycles. The predicted molar refractivity (Wildman–Crippen MR) is 147 cm³/mol. The summed E-state index contributed by atoms with van der Waals surface area (Å²) in [4.78, 5) is 13.1. The lowest BCUT2D eigenvalue weighted by molar-refractivity contribution is -0.175. The van der Waals surface area contributed by atoms with Gasteiger partial charge in [0.25, 0.3) is 0 Å². The number of anilines is 1. The Hall–Kier alpha value is -4.35. The Kier molecular flexibility index (Phi) is 6.47. The zero-order valence-electron chi connectivity index (χ0n) is 21.7. The van der Waals surface area contributed by atoms with E-state index < -0.39 is 36.1 Å². The second-order valence-corrected chi connectivity index (χ2v) is 9.70. The first-order valence-corrected chi connectivity index (χ1v) is 12.8. The summed E-state index contributed by atoms with van der Waals surface area (Å²) in [7, 11) is 1.57. The number of methoxy groups -OCH3 is 1. The third-order valence-electron chi connectivity index (χ3n) is 7.80. The number of rotatable bonds is 7. The summed E-state index contributed by atoms with van der Waals surface area (Å²) in [5, 5.41) is 34.0. The molecule has 0 bridgehead atoms. The lowest BCUT2D eigenvalue weighted by Crippen LogP contribution is -2.61. The van der Waals surface area contributed by atoms with Gasteiger partial charge in [-0.1, -0.05) is 78.9 Å². The molecular weight excluding hydrogens is 510 g/mol. The van der Waals surface area contributed by atoms with E-state index in [1.807, 2.05) is 84.9 Å². The van der Waals surface area contributed by atoms with E-state index in [0.717, 1.165) is 11.1 Å². The zero-order chi connectivity index (χ0) is 27.9. The average Bonchev–Trinajstić information content (AvgIpc) is 3.55. The van der Waals surface area contributed by atoms with Crippen LogP contribution in [0.1, 0.15) is 16.7 Å². The number of fused-ring (bicyclic) bond motifs is 1. The van der Waals surface area contributed by atoms with Crippen molar-refractivity contribution in [3.63, 3.8) is 0 Å². The number of hydrogen-bond donors (Lipinski definition) is 4. The molecule has 10 nitrogen and oxygen atoms in total. The van der Waals surface area contributed by atoms with Gasteiger partial charge >= 0.3 is 0 Å². The van der Waals surface area contributed by atoms with Crippen molar-refractivity contribution in [3.8, 4) is 5.75 Å². The van der Waals surface area contributed by atoms with Gasteiger partial charge in [-0.25, -0.2) is 15.0 Å². The number of benzene rings is 3. The lowest BCUT2D eigenvalue weighted by Gasteiger charge is -2.51. The van der Waals surface area contributed by atoms with E-state index in [9.17, 15) is 15.3 Å². The third kappa shape index (κ3) is 3.47. The standard InChI is InChI=1S/C30H29N5O5/c1-39-22-15-9-8-14-21(22)29(19-10-4-2-5-11-19,20-12-6-3-7-13-20)30(26(38)25(37)23(16-36)40-30)35-18-34-24-27(31)32-17-33-28(24)35/h2-15,17-18,23,25-26,36-38H,16H2,1H3,(H2,31,32,33)/t23-,25-,26-,30+/m1/s1. The van der Waals surface area contributed by atoms with E-state index in [0.29, 0.717) is 16.8 Å². The summed E-state index contributed by atoms with van der Waals surface area (Å²) < 4.78 is 14.3. The highest BCUT2D eigenvalue weighted by atomic mass is 16.6. The van der Waals surface area contributed by atoms with Crippen LogP contribution in [0.25, 0.3) is 11.2 Å². The molecule has 0 amide bonds. The predicted octanol–water partition coefficient (Wildman–Crippen LogP) is 2.22. The van der Waals surface area contributed by atoms with Crippen molar-refractivity contribution in [3.05, 3.63) is 114 Å². The molecule has 10 heteroatoms. The van der Waals surface area contributed by atoms with E-state index in [2.05, 4.69) is 15.0 Å². The van der Waals surface area contributed by atoms with Crippen LogP contribution in [0.15, 0.2) is 97.6 Å². The molecule has 5 N–H and O–H groups in total. The molecule has 1 saturated heterocycles. The minimum absolute atomic E-state index is 0.146. The molecule has 40 heavy (non-hydrogen) atoms. The Balaban J connectivity index is 1.87. The number of aliphatic hydroxyl groups excluding tert-OH is 3. The van der Waals surface area contributed by atoms with Gasteiger partial charge in [-0.3, -0.25) is 4.57 Å². The Labute approximate surface area is 230 Å². The van der Waals surface area contributed by atoms with Crippen LogP contribution < -0.4 is 10.5 Å². The lowest BCUT2D eigenvalue weighted by atomic mass is 9.60. The molecule has 6 rings (SSSR count). The summed E-state index contributed by atoms with van der Waals surface area (Å²) in [5.74, 6) is 0.666. The van der Waals surface area contributed by atoms with E-state index >= 15 is 0 Å². The van der Waals surface area contributed by atoms with E-state index in [1.165, 1.54) is 12.7 Å². The van der Waals surface area contributed by atoms with Crippen molar-refractivity contribution in [2.24, 2.45) is 0 Å². The van der Waals surface area contributed by atoms with Crippen molar-refractivity contribution in [1.82, 2.24) is 19.5 Å². The van der Waals surface area contributed by atoms with Gasteiger partial charge in [0.2, 0.25) is 0 Å². The number of hydrogen-bond acceptors (Lipinski definition) is 9. The van der Waals surface area contributed by atoms with Gasteiger partial charge in [0.1, 0.15) is 35.9 Å². The fourth-order valence-electron chi connectivity index (χ4n) is 6.15. The monoisotopic (exact) mass is 539 g/mol. The Morgan fingerprint density at radius 3 is 2.15 bits per heavy atom. The average molecular weight is 540 g/mol. The largest absolute Gasteiger partial charge is 0.496 e. The van der Waals surface area contributed by atoms with Gasteiger partial charge in [0.15, 0.2) is 17.2 Å². The van der Waals surface area contributed by atoms with Crippen LogP contribution in [0.5, 0.6) is 5.75 Å². The van der Waals surface area contributed by atoms with E-state index in [1.54, 1.807) is 11.7 Å². The summed E-state index contributed by atoms with van der Waals surface area (Å²) in [6, 6.07) is 26.5. The van der Waals surface area contributed by atoms with Gasteiger partial charge < -0.3 is 30.5 Å². The van der Waals surface area contributed by atoms with Crippen LogP contribution in [0.4, 0.5) is 5.82 Å². The molecule has 0 aliphatic carbocycles. The molecule has 1 aliphatic heterocycles. The Morgan fingerprint density at radius 2 is 1.55 bits per heavy atom. The molecule has 0 spiro atoms. The van der Waals surface area contributed by atoms with Gasteiger partial charge in [-0.15, -0.1) is 0 Å². The van der Waals surface area contributed by atoms with Gasteiger partial charge in [-0.05, 0) is 17.2 Å². The fraction of sp³-hybridized carbons (Fsp3) is 0.233. The molecule has 0 unspecified atom stereocenters. The Morgan fingerprint density at radius 1 is 0.925 bits per heavy atom. The van der Waals surface area contributed by atoms with Crippen molar-refractivity contribution < 1.29 is 24.8 Å². The van der Waals surface area contributed by atoms with Gasteiger partial charge in [0.05, 0.1) is 25.5 Å². The summed E-state index contributed by atoms with van der Waals surface area (Å²) in [5.41, 5.74) is 5.57. The molecule has 1 aliphatic rings. The van der Waals surface area contributed by atoms with Crippen molar-refractivity contribution in [1.29, 1.82) is 0 Å². The van der Waals surface area contributed by atoms with Crippen LogP contribution in [-0.2, 0) is 15.9 Å². The molecule has 1 fully saturated rings. The minimum Gasteiger partial charge on any atom is -0.496 e. The van der Waals surface area contributed by atoms with Crippen molar-refractivity contribution in [2.45, 2.75) is 29.5 Å². The number of aromatic nitrogens is 4. The zero-order valence-corrected chi connectivity index (χ0v) is 21.7. The molecule has 2 aromatic heterocycles. The number of imidazole rings is 1. The highest BCUT2D eigenvalue weighted by Gasteiger charge is 2.69. The maximum Gasteiger partial charge on any atom is 0.194 e. The van der Waals surface area contributed by atoms with Crippen LogP contribution >= 0.6 is 0 Å². The van der Waals surface area contributed by atoms with Crippen LogP contribution in [-0.4, -0.2) is 66.9 Å². The first-order chi connectivity index (χ1) is 19.5. The molecule has 3 heterocycles. The second-order valence-electron chi connectivity index (χ2n) is 9.70. The Bertz CT molecular complexity index is 1590. The number of nitrogens with zero attached hydrogens (tertiary/aromatic N) is 4. The molecule has 0 radical (unpaired) electrons. The number of aliphatic hydroxyl groups is 3. The normalized spacial score (nSPS) is 22.9. The third-order valence-corrected chi connectivity index (χ3v) is 7.80. The molecule has 4 atom stereocenters. The van der Waals surface area contributed by atoms with E-state index in [-0.39, 0.29) is 11.5 Å². The fourth-order valence-corrected chi connectivity index (χ4v) is 6.15. The molecule has 0 saturated carbocycles. The first kappa shape index (κ1) is 25.9.